The third-order valence-corrected chi connectivity index (χ3v) is 3.13. The second-order valence-corrected chi connectivity index (χ2v) is 4.95. The van der Waals surface area contributed by atoms with Crippen LogP contribution >= 0.6 is 12.2 Å². The summed E-state index contributed by atoms with van der Waals surface area (Å²) in [5.41, 5.74) is 7.34. The first-order valence-electron chi connectivity index (χ1n) is 5.81. The minimum Gasteiger partial charge on any atom is -0.393 e. The standard InChI is InChI=1S/C11H17N5S/c1-7-8(2)14-15-11(13-7)16(9-3-4-9)6-5-10(12)17/h9H,3-6H2,1-2H3,(H2,12,17). The number of rotatable bonds is 5. The van der Waals surface area contributed by atoms with Gasteiger partial charge in [0.05, 0.1) is 16.4 Å². The number of hydrogen-bond acceptors (Lipinski definition) is 5. The Bertz CT molecular complexity index is 430. The molecule has 1 fully saturated rings. The van der Waals surface area contributed by atoms with Crippen molar-refractivity contribution < 1.29 is 0 Å². The summed E-state index contributed by atoms with van der Waals surface area (Å²) in [6.07, 6.45) is 3.07. The molecule has 2 rings (SSSR count). The van der Waals surface area contributed by atoms with Crippen LogP contribution in [-0.2, 0) is 0 Å². The van der Waals surface area contributed by atoms with E-state index in [9.17, 15) is 0 Å². The van der Waals surface area contributed by atoms with Gasteiger partial charge in [-0.05, 0) is 26.7 Å². The van der Waals surface area contributed by atoms with Gasteiger partial charge in [0.2, 0.25) is 5.95 Å². The maximum Gasteiger partial charge on any atom is 0.245 e. The quantitative estimate of drug-likeness (QED) is 0.791. The van der Waals surface area contributed by atoms with Crippen LogP contribution in [-0.4, -0.2) is 32.8 Å². The molecule has 1 saturated carbocycles. The average molecular weight is 251 g/mol. The Labute approximate surface area is 106 Å². The molecule has 2 N–H and O–H groups in total. The molecule has 0 amide bonds. The van der Waals surface area contributed by atoms with Crippen molar-refractivity contribution in [3.63, 3.8) is 0 Å². The van der Waals surface area contributed by atoms with Crippen molar-refractivity contribution in [1.29, 1.82) is 0 Å². The van der Waals surface area contributed by atoms with Crippen LogP contribution in [0.4, 0.5) is 5.95 Å². The molecule has 17 heavy (non-hydrogen) atoms. The zero-order valence-electron chi connectivity index (χ0n) is 10.2. The molecule has 0 aliphatic heterocycles. The number of aryl methyl sites for hydroxylation is 2. The van der Waals surface area contributed by atoms with Gasteiger partial charge in [0, 0.05) is 19.0 Å². The monoisotopic (exact) mass is 251 g/mol. The van der Waals surface area contributed by atoms with E-state index >= 15 is 0 Å². The predicted octanol–water partition coefficient (Wildman–Crippen LogP) is 1.13. The summed E-state index contributed by atoms with van der Waals surface area (Å²) in [5, 5.41) is 8.28. The third-order valence-electron chi connectivity index (χ3n) is 2.92. The van der Waals surface area contributed by atoms with E-state index in [1.54, 1.807) is 0 Å². The van der Waals surface area contributed by atoms with Crippen LogP contribution < -0.4 is 10.6 Å². The van der Waals surface area contributed by atoms with Crippen molar-refractivity contribution in [2.45, 2.75) is 39.2 Å². The summed E-state index contributed by atoms with van der Waals surface area (Å²) in [5.74, 6) is 0.701. The second-order valence-electron chi connectivity index (χ2n) is 4.42. The van der Waals surface area contributed by atoms with Gasteiger partial charge in [-0.1, -0.05) is 12.2 Å². The number of nitrogens with zero attached hydrogens (tertiary/aromatic N) is 4. The van der Waals surface area contributed by atoms with Crippen LogP contribution in [0.2, 0.25) is 0 Å². The van der Waals surface area contributed by atoms with E-state index in [0.29, 0.717) is 23.4 Å². The molecular formula is C11H17N5S. The van der Waals surface area contributed by atoms with Gasteiger partial charge in [-0.3, -0.25) is 0 Å². The van der Waals surface area contributed by atoms with Crippen molar-refractivity contribution in [2.75, 3.05) is 11.4 Å². The van der Waals surface area contributed by atoms with Crippen molar-refractivity contribution >= 4 is 23.2 Å². The minimum absolute atomic E-state index is 0.535. The molecule has 1 aromatic rings. The molecule has 0 bridgehead atoms. The lowest BCUT2D eigenvalue weighted by Crippen LogP contribution is -2.31. The lowest BCUT2D eigenvalue weighted by molar-refractivity contribution is 0.737. The number of thiocarbonyl (C=S) groups is 1. The molecule has 1 aliphatic carbocycles. The highest BCUT2D eigenvalue weighted by Gasteiger charge is 2.31. The van der Waals surface area contributed by atoms with E-state index < -0.39 is 0 Å². The molecule has 1 heterocycles. The molecule has 1 aliphatic rings. The van der Waals surface area contributed by atoms with E-state index in [1.807, 2.05) is 13.8 Å². The highest BCUT2D eigenvalue weighted by atomic mass is 32.1. The van der Waals surface area contributed by atoms with Gasteiger partial charge in [-0.25, -0.2) is 4.98 Å². The average Bonchev–Trinajstić information content (AvgIpc) is 3.07. The zero-order chi connectivity index (χ0) is 12.4. The van der Waals surface area contributed by atoms with Gasteiger partial charge < -0.3 is 10.6 Å². The molecule has 0 atom stereocenters. The van der Waals surface area contributed by atoms with Crippen molar-refractivity contribution in [3.8, 4) is 0 Å². The predicted molar refractivity (Wildman–Crippen MR) is 71.1 cm³/mol. The van der Waals surface area contributed by atoms with Crippen LogP contribution in [0.15, 0.2) is 0 Å². The molecule has 5 nitrogen and oxygen atoms in total. The summed E-state index contributed by atoms with van der Waals surface area (Å²) in [4.78, 5) is 7.18. The molecule has 1 aromatic heterocycles. The number of aromatic nitrogens is 3. The Hall–Kier alpha value is -1.30. The van der Waals surface area contributed by atoms with Gasteiger partial charge in [0.15, 0.2) is 0 Å². The largest absolute Gasteiger partial charge is 0.393 e. The lowest BCUT2D eigenvalue weighted by atomic mass is 10.3. The molecule has 6 heteroatoms. The van der Waals surface area contributed by atoms with Gasteiger partial charge in [-0.15, -0.1) is 5.10 Å². The molecule has 0 radical (unpaired) electrons. The van der Waals surface area contributed by atoms with E-state index in [0.717, 1.165) is 17.9 Å². The maximum absolute atomic E-state index is 5.54. The van der Waals surface area contributed by atoms with Crippen molar-refractivity contribution in [2.24, 2.45) is 5.73 Å². The molecule has 0 saturated heterocycles. The van der Waals surface area contributed by atoms with Gasteiger partial charge in [0.1, 0.15) is 0 Å². The number of anilines is 1. The maximum atomic E-state index is 5.54. The van der Waals surface area contributed by atoms with Crippen LogP contribution in [0.3, 0.4) is 0 Å². The molecule has 92 valence electrons. The van der Waals surface area contributed by atoms with Crippen molar-refractivity contribution in [3.05, 3.63) is 11.4 Å². The highest BCUT2D eigenvalue weighted by Crippen LogP contribution is 2.29. The minimum atomic E-state index is 0.535. The van der Waals surface area contributed by atoms with E-state index in [-0.39, 0.29) is 0 Å². The Kier molecular flexibility index (Phi) is 3.51. The molecule has 0 aromatic carbocycles. The summed E-state index contributed by atoms with van der Waals surface area (Å²) in [6, 6.07) is 0.535. The Morgan fingerprint density at radius 1 is 1.35 bits per heavy atom. The first kappa shape index (κ1) is 12.2. The summed E-state index contributed by atoms with van der Waals surface area (Å²) >= 11 is 4.91. The first-order chi connectivity index (χ1) is 8.08. The van der Waals surface area contributed by atoms with E-state index in [4.69, 9.17) is 18.0 Å². The van der Waals surface area contributed by atoms with Gasteiger partial charge in [-0.2, -0.15) is 5.10 Å². The SMILES string of the molecule is Cc1nnc(N(CCC(N)=S)C2CC2)nc1C. The number of hydrogen-bond donors (Lipinski definition) is 1. The van der Waals surface area contributed by atoms with Crippen molar-refractivity contribution in [1.82, 2.24) is 15.2 Å². The topological polar surface area (TPSA) is 67.9 Å². The van der Waals surface area contributed by atoms with Crippen LogP contribution in [0, 0.1) is 13.8 Å². The van der Waals surface area contributed by atoms with E-state index in [1.165, 1.54) is 12.8 Å². The fourth-order valence-electron chi connectivity index (χ4n) is 1.63. The smallest absolute Gasteiger partial charge is 0.245 e. The normalized spacial score (nSPS) is 14.7. The highest BCUT2D eigenvalue weighted by molar-refractivity contribution is 7.80. The van der Waals surface area contributed by atoms with Crippen LogP contribution in [0.5, 0.6) is 0 Å². The Morgan fingerprint density at radius 3 is 2.59 bits per heavy atom. The summed E-state index contributed by atoms with van der Waals surface area (Å²) in [6.45, 7) is 4.64. The third kappa shape index (κ3) is 3.09. The van der Waals surface area contributed by atoms with E-state index in [2.05, 4.69) is 20.1 Å². The summed E-state index contributed by atoms with van der Waals surface area (Å²) < 4.78 is 0. The zero-order valence-corrected chi connectivity index (χ0v) is 11.0. The van der Waals surface area contributed by atoms with Crippen LogP contribution in [0.1, 0.15) is 30.7 Å². The lowest BCUT2D eigenvalue weighted by Gasteiger charge is -2.21. The molecule has 0 spiro atoms. The van der Waals surface area contributed by atoms with Gasteiger partial charge >= 0.3 is 0 Å². The number of nitrogens with two attached hydrogens (primary N) is 1. The second kappa shape index (κ2) is 4.91. The Morgan fingerprint density at radius 2 is 2.06 bits per heavy atom. The fourth-order valence-corrected chi connectivity index (χ4v) is 1.72. The van der Waals surface area contributed by atoms with Crippen LogP contribution in [0.25, 0.3) is 0 Å². The molecule has 0 unspecified atom stereocenters. The van der Waals surface area contributed by atoms with Gasteiger partial charge in [0.25, 0.3) is 0 Å². The fraction of sp³-hybridized carbons (Fsp3) is 0.636. The Balaban J connectivity index is 2.14. The summed E-state index contributed by atoms with van der Waals surface area (Å²) in [7, 11) is 0. The first-order valence-corrected chi connectivity index (χ1v) is 6.21. The molecular weight excluding hydrogens is 234 g/mol.